The molecule has 0 radical (unpaired) electrons. The molecule has 0 aliphatic carbocycles. The minimum absolute atomic E-state index is 0.0549. The number of hydrogen-bond acceptors (Lipinski definition) is 3. The minimum atomic E-state index is -1.31. The molecule has 0 bridgehead atoms. The largest absolute Gasteiger partial charge is 0.480 e. The number of rotatable bonds is 7. The summed E-state index contributed by atoms with van der Waals surface area (Å²) in [6, 6.07) is 11.8. The molecular weight excluding hydrogens is 462 g/mol. The molecule has 3 aromatic carbocycles. The Morgan fingerprint density at radius 1 is 0.941 bits per heavy atom. The maximum atomic E-state index is 14.7. The number of anilines is 1. The van der Waals surface area contributed by atoms with E-state index in [0.717, 1.165) is 39.5 Å². The first-order chi connectivity index (χ1) is 16.0. The highest BCUT2D eigenvalue weighted by molar-refractivity contribution is 6.32. The van der Waals surface area contributed by atoms with Crippen molar-refractivity contribution in [2.75, 3.05) is 5.32 Å². The summed E-state index contributed by atoms with van der Waals surface area (Å²) in [6.07, 6.45) is 0. The quantitative estimate of drug-likeness (QED) is 0.367. The Bertz CT molecular complexity index is 1220. The summed E-state index contributed by atoms with van der Waals surface area (Å²) >= 11 is 6.26. The first kappa shape index (κ1) is 25.2. The van der Waals surface area contributed by atoms with E-state index < -0.39 is 35.1 Å². The van der Waals surface area contributed by atoms with Gasteiger partial charge < -0.3 is 15.7 Å². The number of carbonyl (C=O) groups is 2. The maximum Gasteiger partial charge on any atom is 0.325 e. The molecule has 1 unspecified atom stereocenters. The molecule has 34 heavy (non-hydrogen) atoms. The third-order valence-corrected chi connectivity index (χ3v) is 6.12. The van der Waals surface area contributed by atoms with Crippen molar-refractivity contribution in [3.63, 3.8) is 0 Å². The Morgan fingerprint density at radius 3 is 2.09 bits per heavy atom. The Labute approximate surface area is 201 Å². The molecule has 2 atom stereocenters. The normalized spacial score (nSPS) is 12.7. The first-order valence-corrected chi connectivity index (χ1v) is 11.0. The Balaban J connectivity index is 1.85. The first-order valence-electron chi connectivity index (χ1n) is 10.6. The van der Waals surface area contributed by atoms with Gasteiger partial charge in [0.1, 0.15) is 23.2 Å². The van der Waals surface area contributed by atoms with Gasteiger partial charge >= 0.3 is 5.97 Å². The van der Waals surface area contributed by atoms with E-state index in [0.29, 0.717) is 5.56 Å². The zero-order chi connectivity index (χ0) is 25.2. The number of carboxylic acid groups (broad SMARTS) is 1. The molecule has 0 aliphatic rings. The van der Waals surface area contributed by atoms with E-state index in [2.05, 4.69) is 10.6 Å². The molecule has 0 saturated carbocycles. The highest BCUT2D eigenvalue weighted by Gasteiger charge is 2.23. The van der Waals surface area contributed by atoms with Gasteiger partial charge in [0.15, 0.2) is 0 Å². The van der Waals surface area contributed by atoms with Crippen LogP contribution in [0.2, 0.25) is 5.02 Å². The van der Waals surface area contributed by atoms with Crippen LogP contribution in [0.1, 0.15) is 46.9 Å². The molecule has 0 fully saturated rings. The summed E-state index contributed by atoms with van der Waals surface area (Å²) in [6.45, 7) is 7.10. The number of nitrogens with one attached hydrogen (secondary N) is 2. The lowest BCUT2D eigenvalue weighted by Gasteiger charge is -2.18. The van der Waals surface area contributed by atoms with Crippen molar-refractivity contribution >= 4 is 29.2 Å². The fourth-order valence-corrected chi connectivity index (χ4v) is 3.75. The van der Waals surface area contributed by atoms with Crippen LogP contribution in [0.4, 0.5) is 14.5 Å². The third kappa shape index (κ3) is 5.54. The predicted octanol–water partition coefficient (Wildman–Crippen LogP) is 6.28. The lowest BCUT2D eigenvalue weighted by atomic mass is 10.0. The van der Waals surface area contributed by atoms with E-state index >= 15 is 0 Å². The van der Waals surface area contributed by atoms with Gasteiger partial charge in [-0.1, -0.05) is 35.9 Å². The van der Waals surface area contributed by atoms with Gasteiger partial charge in [-0.3, -0.25) is 9.59 Å². The van der Waals surface area contributed by atoms with Gasteiger partial charge in [-0.05, 0) is 79.8 Å². The molecule has 0 aliphatic heterocycles. The molecule has 8 heteroatoms. The van der Waals surface area contributed by atoms with Crippen LogP contribution in [0.3, 0.4) is 0 Å². The standard InChI is InChI=1S/C26H25ClF2N2O3/c1-13-8-18(9-14(2)24(13)27)15(3)30-20-7-5-6-17(10-20)19-11-21(28)23(22(29)12-19)25(32)31-16(4)26(33)34/h5-12,15-16,30H,1-4H3,(H,31,32)(H,33,34)/t15?,16-/m0/s1. The van der Waals surface area contributed by atoms with Gasteiger partial charge in [0.05, 0.1) is 0 Å². The monoisotopic (exact) mass is 486 g/mol. The zero-order valence-corrected chi connectivity index (χ0v) is 19.9. The number of carboxylic acids is 1. The van der Waals surface area contributed by atoms with E-state index in [1.165, 1.54) is 6.92 Å². The molecule has 178 valence electrons. The fourth-order valence-electron chi connectivity index (χ4n) is 3.64. The summed E-state index contributed by atoms with van der Waals surface area (Å²) in [5.41, 5.74) is 3.71. The van der Waals surface area contributed by atoms with Gasteiger partial charge in [0.2, 0.25) is 0 Å². The van der Waals surface area contributed by atoms with Gasteiger partial charge in [0.25, 0.3) is 5.91 Å². The van der Waals surface area contributed by atoms with Crippen LogP contribution in [0.5, 0.6) is 0 Å². The highest BCUT2D eigenvalue weighted by atomic mass is 35.5. The maximum absolute atomic E-state index is 14.7. The summed E-state index contributed by atoms with van der Waals surface area (Å²) in [4.78, 5) is 23.1. The van der Waals surface area contributed by atoms with Crippen molar-refractivity contribution in [3.05, 3.63) is 87.4 Å². The van der Waals surface area contributed by atoms with Gasteiger partial charge in [0, 0.05) is 16.8 Å². The zero-order valence-electron chi connectivity index (χ0n) is 19.2. The number of hydrogen-bond donors (Lipinski definition) is 3. The van der Waals surface area contributed by atoms with Crippen LogP contribution in [-0.4, -0.2) is 23.0 Å². The summed E-state index contributed by atoms with van der Waals surface area (Å²) < 4.78 is 29.3. The number of carbonyl (C=O) groups excluding carboxylic acids is 1. The smallest absolute Gasteiger partial charge is 0.325 e. The minimum Gasteiger partial charge on any atom is -0.480 e. The third-order valence-electron chi connectivity index (χ3n) is 5.53. The summed E-state index contributed by atoms with van der Waals surface area (Å²) in [5.74, 6) is -4.60. The van der Waals surface area contributed by atoms with Crippen LogP contribution in [0.15, 0.2) is 48.5 Å². The van der Waals surface area contributed by atoms with Gasteiger partial charge in [-0.2, -0.15) is 0 Å². The van der Waals surface area contributed by atoms with Crippen molar-refractivity contribution in [1.82, 2.24) is 5.32 Å². The number of halogens is 3. The molecule has 0 spiro atoms. The van der Waals surface area contributed by atoms with E-state index in [-0.39, 0.29) is 11.6 Å². The van der Waals surface area contributed by atoms with Crippen molar-refractivity contribution in [3.8, 4) is 11.1 Å². The second-order valence-corrected chi connectivity index (χ2v) is 8.64. The van der Waals surface area contributed by atoms with E-state index in [1.807, 2.05) is 39.0 Å². The molecule has 0 saturated heterocycles. The van der Waals surface area contributed by atoms with Crippen molar-refractivity contribution in [1.29, 1.82) is 0 Å². The van der Waals surface area contributed by atoms with Crippen LogP contribution in [0, 0.1) is 25.5 Å². The van der Waals surface area contributed by atoms with E-state index in [9.17, 15) is 18.4 Å². The average molecular weight is 487 g/mol. The molecule has 3 aromatic rings. The number of aliphatic carboxylic acids is 1. The van der Waals surface area contributed by atoms with Crippen molar-refractivity contribution < 1.29 is 23.5 Å². The van der Waals surface area contributed by atoms with Crippen molar-refractivity contribution in [2.45, 2.75) is 39.8 Å². The second kappa shape index (κ2) is 10.2. The second-order valence-electron chi connectivity index (χ2n) is 8.26. The number of aryl methyl sites for hydroxylation is 2. The Morgan fingerprint density at radius 2 is 1.53 bits per heavy atom. The topological polar surface area (TPSA) is 78.4 Å². The lowest BCUT2D eigenvalue weighted by molar-refractivity contribution is -0.138. The molecule has 5 nitrogen and oxygen atoms in total. The predicted molar refractivity (Wildman–Crippen MR) is 129 cm³/mol. The molecule has 3 rings (SSSR count). The molecule has 3 N–H and O–H groups in total. The summed E-state index contributed by atoms with van der Waals surface area (Å²) in [7, 11) is 0. The van der Waals surface area contributed by atoms with Gasteiger partial charge in [-0.25, -0.2) is 8.78 Å². The average Bonchev–Trinajstić information content (AvgIpc) is 2.76. The van der Waals surface area contributed by atoms with Crippen LogP contribution in [-0.2, 0) is 4.79 Å². The SMILES string of the molecule is Cc1cc(C(C)Nc2cccc(-c3cc(F)c(C(=O)N[C@@H](C)C(=O)O)c(F)c3)c2)cc(C)c1Cl. The van der Waals surface area contributed by atoms with E-state index in [1.54, 1.807) is 18.2 Å². The Kier molecular flexibility index (Phi) is 7.57. The molecule has 0 aromatic heterocycles. The summed E-state index contributed by atoms with van der Waals surface area (Å²) in [5, 5.41) is 15.1. The van der Waals surface area contributed by atoms with Crippen LogP contribution < -0.4 is 10.6 Å². The molecular formula is C26H25ClF2N2O3. The molecule has 0 heterocycles. The molecule has 1 amide bonds. The van der Waals surface area contributed by atoms with Crippen molar-refractivity contribution in [2.24, 2.45) is 0 Å². The van der Waals surface area contributed by atoms with E-state index in [4.69, 9.17) is 16.7 Å². The highest BCUT2D eigenvalue weighted by Crippen LogP contribution is 2.30. The van der Waals surface area contributed by atoms with Crippen LogP contribution in [0.25, 0.3) is 11.1 Å². The fraction of sp³-hybridized carbons (Fsp3) is 0.231. The number of amides is 1. The van der Waals surface area contributed by atoms with Gasteiger partial charge in [-0.15, -0.1) is 0 Å². The Hall–Kier alpha value is -3.45. The lowest BCUT2D eigenvalue weighted by Crippen LogP contribution is -2.39. The van der Waals surface area contributed by atoms with Crippen LogP contribution >= 0.6 is 11.6 Å². The number of benzene rings is 3.